The SMILES string of the molecule is C[C@@H]1C[C@@H](C)CN(Cc2ccccc2CNC(=O)[C@@H]2CCCO2)C1. The second kappa shape index (κ2) is 8.13. The molecule has 0 aromatic heterocycles. The molecule has 0 aliphatic carbocycles. The van der Waals surface area contributed by atoms with E-state index in [2.05, 4.69) is 48.3 Å². The molecule has 0 saturated carbocycles. The minimum Gasteiger partial charge on any atom is -0.368 e. The topological polar surface area (TPSA) is 41.6 Å². The van der Waals surface area contributed by atoms with Crippen LogP contribution in [0.2, 0.25) is 0 Å². The molecule has 3 atom stereocenters. The zero-order valence-corrected chi connectivity index (χ0v) is 15.0. The Bertz CT molecular complexity index is 544. The molecule has 0 unspecified atom stereocenters. The van der Waals surface area contributed by atoms with Gasteiger partial charge in [0, 0.05) is 32.8 Å². The molecule has 1 aromatic carbocycles. The zero-order chi connectivity index (χ0) is 16.9. The van der Waals surface area contributed by atoms with E-state index in [1.165, 1.54) is 30.6 Å². The fraction of sp³-hybridized carbons (Fsp3) is 0.650. The van der Waals surface area contributed by atoms with Crippen LogP contribution in [0.15, 0.2) is 24.3 Å². The van der Waals surface area contributed by atoms with E-state index in [9.17, 15) is 4.79 Å². The van der Waals surface area contributed by atoms with E-state index < -0.39 is 0 Å². The summed E-state index contributed by atoms with van der Waals surface area (Å²) in [4.78, 5) is 14.7. The number of hydrogen-bond donors (Lipinski definition) is 1. The lowest BCUT2D eigenvalue weighted by molar-refractivity contribution is -0.130. The van der Waals surface area contributed by atoms with E-state index >= 15 is 0 Å². The van der Waals surface area contributed by atoms with Crippen LogP contribution < -0.4 is 5.32 Å². The number of piperidine rings is 1. The number of benzene rings is 1. The van der Waals surface area contributed by atoms with Crippen LogP contribution in [-0.4, -0.2) is 36.6 Å². The summed E-state index contributed by atoms with van der Waals surface area (Å²) in [6.07, 6.45) is 2.91. The highest BCUT2D eigenvalue weighted by Gasteiger charge is 2.24. The first-order valence-corrected chi connectivity index (χ1v) is 9.30. The van der Waals surface area contributed by atoms with Crippen molar-refractivity contribution in [1.82, 2.24) is 10.2 Å². The van der Waals surface area contributed by atoms with E-state index in [-0.39, 0.29) is 12.0 Å². The molecule has 0 radical (unpaired) electrons. The number of nitrogens with zero attached hydrogens (tertiary/aromatic N) is 1. The average molecular weight is 330 g/mol. The predicted molar refractivity (Wildman–Crippen MR) is 95.5 cm³/mol. The quantitative estimate of drug-likeness (QED) is 0.902. The van der Waals surface area contributed by atoms with Gasteiger partial charge in [0.2, 0.25) is 5.91 Å². The van der Waals surface area contributed by atoms with Crippen molar-refractivity contribution in [2.45, 2.75) is 52.3 Å². The van der Waals surface area contributed by atoms with Crippen molar-refractivity contribution < 1.29 is 9.53 Å². The van der Waals surface area contributed by atoms with Crippen LogP contribution in [0.4, 0.5) is 0 Å². The minimum absolute atomic E-state index is 0.0301. The average Bonchev–Trinajstić information content (AvgIpc) is 3.07. The van der Waals surface area contributed by atoms with Gasteiger partial charge in [0.05, 0.1) is 0 Å². The molecule has 4 heteroatoms. The van der Waals surface area contributed by atoms with Crippen LogP contribution in [-0.2, 0) is 22.6 Å². The van der Waals surface area contributed by atoms with Crippen LogP contribution in [0.3, 0.4) is 0 Å². The molecule has 2 fully saturated rings. The number of carbonyl (C=O) groups excluding carboxylic acids is 1. The van der Waals surface area contributed by atoms with Crippen LogP contribution >= 0.6 is 0 Å². The molecule has 1 amide bonds. The van der Waals surface area contributed by atoms with E-state index in [1.54, 1.807) is 0 Å². The van der Waals surface area contributed by atoms with Gasteiger partial charge < -0.3 is 10.1 Å². The van der Waals surface area contributed by atoms with Gasteiger partial charge >= 0.3 is 0 Å². The molecule has 24 heavy (non-hydrogen) atoms. The molecule has 1 N–H and O–H groups in total. The van der Waals surface area contributed by atoms with Gasteiger partial charge in [0.1, 0.15) is 6.10 Å². The van der Waals surface area contributed by atoms with Crippen LogP contribution in [0.5, 0.6) is 0 Å². The molecule has 3 rings (SSSR count). The molecular formula is C20H30N2O2. The Kier molecular flexibility index (Phi) is 5.90. The van der Waals surface area contributed by atoms with Gasteiger partial charge in [-0.05, 0) is 42.2 Å². The standard InChI is InChI=1S/C20H30N2O2/c1-15-10-16(2)13-22(12-15)14-18-7-4-3-6-17(18)11-21-20(23)19-8-5-9-24-19/h3-4,6-7,15-16,19H,5,8-14H2,1-2H3,(H,21,23)/t15-,16-,19+/m1/s1. The lowest BCUT2D eigenvalue weighted by Gasteiger charge is -2.35. The van der Waals surface area contributed by atoms with E-state index in [0.717, 1.165) is 31.2 Å². The zero-order valence-electron chi connectivity index (χ0n) is 15.0. The van der Waals surface area contributed by atoms with Crippen LogP contribution in [0, 0.1) is 11.8 Å². The van der Waals surface area contributed by atoms with Gasteiger partial charge in [0.25, 0.3) is 0 Å². The highest BCUT2D eigenvalue weighted by Crippen LogP contribution is 2.23. The van der Waals surface area contributed by atoms with E-state index in [4.69, 9.17) is 4.74 Å². The molecule has 0 spiro atoms. The maximum Gasteiger partial charge on any atom is 0.249 e. The van der Waals surface area contributed by atoms with Crippen molar-refractivity contribution in [2.75, 3.05) is 19.7 Å². The fourth-order valence-electron chi connectivity index (χ4n) is 4.13. The summed E-state index contributed by atoms with van der Waals surface area (Å²) in [6, 6.07) is 8.47. The maximum absolute atomic E-state index is 12.2. The highest BCUT2D eigenvalue weighted by atomic mass is 16.5. The Morgan fingerprint density at radius 3 is 2.58 bits per heavy atom. The Morgan fingerprint density at radius 2 is 1.92 bits per heavy atom. The summed E-state index contributed by atoms with van der Waals surface area (Å²) < 4.78 is 5.46. The van der Waals surface area contributed by atoms with Gasteiger partial charge in [-0.3, -0.25) is 9.69 Å². The number of hydrogen-bond acceptors (Lipinski definition) is 3. The summed E-state index contributed by atoms with van der Waals surface area (Å²) in [5.41, 5.74) is 2.54. The van der Waals surface area contributed by atoms with Gasteiger partial charge in [-0.2, -0.15) is 0 Å². The van der Waals surface area contributed by atoms with E-state index in [1.807, 2.05) is 0 Å². The fourth-order valence-corrected chi connectivity index (χ4v) is 4.13. The first-order chi connectivity index (χ1) is 11.6. The first kappa shape index (κ1) is 17.4. The van der Waals surface area contributed by atoms with Crippen molar-refractivity contribution in [3.8, 4) is 0 Å². The minimum atomic E-state index is -0.249. The smallest absolute Gasteiger partial charge is 0.249 e. The third kappa shape index (κ3) is 4.58. The molecular weight excluding hydrogens is 300 g/mol. The van der Waals surface area contributed by atoms with Crippen LogP contribution in [0.25, 0.3) is 0 Å². The second-order valence-corrected chi connectivity index (χ2v) is 7.63. The Balaban J connectivity index is 1.59. The summed E-state index contributed by atoms with van der Waals surface area (Å²) in [7, 11) is 0. The summed E-state index contributed by atoms with van der Waals surface area (Å²) in [5, 5.41) is 3.05. The Morgan fingerprint density at radius 1 is 1.21 bits per heavy atom. The number of ether oxygens (including phenoxy) is 1. The third-order valence-corrected chi connectivity index (χ3v) is 5.13. The molecule has 1 aromatic rings. The lowest BCUT2D eigenvalue weighted by Crippen LogP contribution is -2.38. The molecule has 0 bridgehead atoms. The van der Waals surface area contributed by atoms with Crippen molar-refractivity contribution >= 4 is 5.91 Å². The number of rotatable bonds is 5. The second-order valence-electron chi connectivity index (χ2n) is 7.63. The third-order valence-electron chi connectivity index (χ3n) is 5.13. The number of nitrogens with one attached hydrogen (secondary N) is 1. The molecule has 132 valence electrons. The lowest BCUT2D eigenvalue weighted by atomic mass is 9.91. The van der Waals surface area contributed by atoms with Gasteiger partial charge in [-0.1, -0.05) is 38.1 Å². The van der Waals surface area contributed by atoms with Crippen molar-refractivity contribution in [2.24, 2.45) is 11.8 Å². The molecule has 2 aliphatic heterocycles. The van der Waals surface area contributed by atoms with Crippen molar-refractivity contribution in [1.29, 1.82) is 0 Å². The monoisotopic (exact) mass is 330 g/mol. The predicted octanol–water partition coefficient (Wildman–Crippen LogP) is 2.96. The van der Waals surface area contributed by atoms with Crippen molar-refractivity contribution in [3.05, 3.63) is 35.4 Å². The summed E-state index contributed by atoms with van der Waals surface area (Å²) in [5.74, 6) is 1.56. The Labute approximate surface area is 145 Å². The van der Waals surface area contributed by atoms with E-state index in [0.29, 0.717) is 13.2 Å². The molecule has 2 aliphatic rings. The van der Waals surface area contributed by atoms with Gasteiger partial charge in [-0.25, -0.2) is 0 Å². The maximum atomic E-state index is 12.2. The Hall–Kier alpha value is -1.39. The number of carbonyl (C=O) groups is 1. The largest absolute Gasteiger partial charge is 0.368 e. The van der Waals surface area contributed by atoms with Gasteiger partial charge in [-0.15, -0.1) is 0 Å². The number of amides is 1. The number of likely N-dealkylation sites (tertiary alicyclic amines) is 1. The summed E-state index contributed by atoms with van der Waals surface area (Å²) in [6.45, 7) is 9.29. The summed E-state index contributed by atoms with van der Waals surface area (Å²) >= 11 is 0. The van der Waals surface area contributed by atoms with Gasteiger partial charge in [0.15, 0.2) is 0 Å². The molecule has 2 saturated heterocycles. The highest BCUT2D eigenvalue weighted by molar-refractivity contribution is 5.80. The molecule has 4 nitrogen and oxygen atoms in total. The van der Waals surface area contributed by atoms with Crippen LogP contribution in [0.1, 0.15) is 44.2 Å². The normalized spacial score (nSPS) is 28.0. The molecule has 2 heterocycles. The van der Waals surface area contributed by atoms with Crippen molar-refractivity contribution in [3.63, 3.8) is 0 Å². The first-order valence-electron chi connectivity index (χ1n) is 9.30.